The highest BCUT2D eigenvalue weighted by Gasteiger charge is 2.32. The normalized spacial score (nSPS) is 16.4. The van der Waals surface area contributed by atoms with E-state index in [0.29, 0.717) is 12.0 Å². The molecule has 0 unspecified atom stereocenters. The van der Waals surface area contributed by atoms with Crippen LogP contribution in [0.2, 0.25) is 0 Å². The van der Waals surface area contributed by atoms with Gasteiger partial charge in [-0.3, -0.25) is 9.59 Å². The zero-order valence-electron chi connectivity index (χ0n) is 17.2. The van der Waals surface area contributed by atoms with Gasteiger partial charge in [-0.2, -0.15) is 0 Å². The van der Waals surface area contributed by atoms with Crippen LogP contribution >= 0.6 is 0 Å². The molecule has 1 fully saturated rings. The summed E-state index contributed by atoms with van der Waals surface area (Å²) in [4.78, 5) is 27.2. The second kappa shape index (κ2) is 9.56. The summed E-state index contributed by atoms with van der Waals surface area (Å²) in [6.07, 6.45) is 0.780. The first-order valence-electron chi connectivity index (χ1n) is 10.5. The molecule has 0 saturated carbocycles. The van der Waals surface area contributed by atoms with Crippen LogP contribution in [0.1, 0.15) is 35.6 Å². The van der Waals surface area contributed by atoms with Crippen LogP contribution in [0.25, 0.3) is 0 Å². The van der Waals surface area contributed by atoms with E-state index < -0.39 is 0 Å². The van der Waals surface area contributed by atoms with Gasteiger partial charge in [-0.1, -0.05) is 78.9 Å². The lowest BCUT2D eigenvalue weighted by Gasteiger charge is -2.33. The maximum Gasteiger partial charge on any atom is 0.225 e. The fourth-order valence-corrected chi connectivity index (χ4v) is 4.02. The quantitative estimate of drug-likeness (QED) is 0.645. The standard InChI is InChI=1S/C26H25FN2O2/c27-23-14-8-7-13-21(23)17-29-18-22(15-16-24(29)30)26(31)28-25(19-9-3-1-4-10-19)20-11-5-2-6-12-20/h1-14,22,25H,15-18H2,(H,28,31)/t22-/m1/s1. The molecule has 0 spiro atoms. The molecule has 1 heterocycles. The number of amides is 2. The number of halogens is 1. The number of nitrogens with one attached hydrogen (secondary N) is 1. The number of likely N-dealkylation sites (tertiary alicyclic amines) is 1. The van der Waals surface area contributed by atoms with Crippen molar-refractivity contribution in [1.29, 1.82) is 0 Å². The van der Waals surface area contributed by atoms with E-state index in [1.54, 1.807) is 23.1 Å². The van der Waals surface area contributed by atoms with E-state index in [4.69, 9.17) is 0 Å². The smallest absolute Gasteiger partial charge is 0.225 e. The van der Waals surface area contributed by atoms with Gasteiger partial charge in [0.15, 0.2) is 0 Å². The highest BCUT2D eigenvalue weighted by Crippen LogP contribution is 2.25. The molecule has 0 radical (unpaired) electrons. The van der Waals surface area contributed by atoms with E-state index >= 15 is 0 Å². The summed E-state index contributed by atoms with van der Waals surface area (Å²) in [5, 5.41) is 3.18. The van der Waals surface area contributed by atoms with Crippen molar-refractivity contribution in [3.05, 3.63) is 107 Å². The fraction of sp³-hybridized carbons (Fsp3) is 0.231. The maximum atomic E-state index is 14.1. The molecule has 1 N–H and O–H groups in total. The highest BCUT2D eigenvalue weighted by molar-refractivity contribution is 5.84. The number of nitrogens with zero attached hydrogens (tertiary/aromatic N) is 1. The lowest BCUT2D eigenvalue weighted by molar-refractivity contribution is -0.139. The number of hydrogen-bond donors (Lipinski definition) is 1. The van der Waals surface area contributed by atoms with Gasteiger partial charge in [-0.25, -0.2) is 4.39 Å². The number of rotatable bonds is 6. The first-order chi connectivity index (χ1) is 15.1. The molecule has 1 aliphatic heterocycles. The lowest BCUT2D eigenvalue weighted by atomic mass is 9.93. The molecule has 158 valence electrons. The molecule has 0 aliphatic carbocycles. The Kier molecular flexibility index (Phi) is 6.41. The van der Waals surface area contributed by atoms with Crippen LogP contribution in [0.3, 0.4) is 0 Å². The molecule has 4 nitrogen and oxygen atoms in total. The summed E-state index contributed by atoms with van der Waals surface area (Å²) < 4.78 is 14.1. The van der Waals surface area contributed by atoms with E-state index in [1.807, 2.05) is 60.7 Å². The third kappa shape index (κ3) is 5.00. The molecule has 4 rings (SSSR count). The van der Waals surface area contributed by atoms with Crippen molar-refractivity contribution in [2.75, 3.05) is 6.54 Å². The molecule has 1 saturated heterocycles. The van der Waals surface area contributed by atoms with Gasteiger partial charge >= 0.3 is 0 Å². The van der Waals surface area contributed by atoms with Crippen LogP contribution in [-0.4, -0.2) is 23.3 Å². The van der Waals surface area contributed by atoms with E-state index in [1.165, 1.54) is 6.07 Å². The van der Waals surface area contributed by atoms with Gasteiger partial charge in [0, 0.05) is 25.1 Å². The van der Waals surface area contributed by atoms with Crippen molar-refractivity contribution in [2.24, 2.45) is 5.92 Å². The van der Waals surface area contributed by atoms with Crippen LogP contribution < -0.4 is 5.32 Å². The number of benzene rings is 3. The number of carbonyl (C=O) groups excluding carboxylic acids is 2. The largest absolute Gasteiger partial charge is 0.345 e. The van der Waals surface area contributed by atoms with E-state index in [2.05, 4.69) is 5.32 Å². The molecular weight excluding hydrogens is 391 g/mol. The minimum atomic E-state index is -0.338. The van der Waals surface area contributed by atoms with Crippen molar-refractivity contribution >= 4 is 11.8 Å². The molecule has 0 aromatic heterocycles. The Morgan fingerprint density at radius 3 is 2.13 bits per heavy atom. The van der Waals surface area contributed by atoms with Gasteiger partial charge in [-0.05, 0) is 23.6 Å². The lowest BCUT2D eigenvalue weighted by Crippen LogP contribution is -2.46. The Labute approximate surface area is 181 Å². The molecule has 5 heteroatoms. The molecule has 3 aromatic rings. The Bertz CT molecular complexity index is 1000. The molecule has 3 aromatic carbocycles. The summed E-state index contributed by atoms with van der Waals surface area (Å²) in [5.41, 5.74) is 2.46. The Morgan fingerprint density at radius 1 is 0.935 bits per heavy atom. The minimum absolute atomic E-state index is 0.0463. The van der Waals surface area contributed by atoms with E-state index in [-0.39, 0.29) is 49.1 Å². The van der Waals surface area contributed by atoms with Crippen molar-refractivity contribution in [3.8, 4) is 0 Å². The second-order valence-electron chi connectivity index (χ2n) is 7.86. The van der Waals surface area contributed by atoms with Gasteiger partial charge in [0.1, 0.15) is 5.82 Å². The van der Waals surface area contributed by atoms with Crippen molar-refractivity contribution in [1.82, 2.24) is 10.2 Å². The van der Waals surface area contributed by atoms with Gasteiger partial charge in [0.2, 0.25) is 11.8 Å². The zero-order chi connectivity index (χ0) is 21.6. The predicted molar refractivity (Wildman–Crippen MR) is 117 cm³/mol. The fourth-order valence-electron chi connectivity index (χ4n) is 4.02. The molecule has 2 amide bonds. The summed E-state index contributed by atoms with van der Waals surface area (Å²) in [6, 6.07) is 25.8. The van der Waals surface area contributed by atoms with Gasteiger partial charge in [-0.15, -0.1) is 0 Å². The Morgan fingerprint density at radius 2 is 1.52 bits per heavy atom. The molecule has 1 atom stereocenters. The summed E-state index contributed by atoms with van der Waals surface area (Å²) in [5.74, 6) is -0.812. The van der Waals surface area contributed by atoms with Crippen LogP contribution in [0.15, 0.2) is 84.9 Å². The molecule has 31 heavy (non-hydrogen) atoms. The first-order valence-corrected chi connectivity index (χ1v) is 10.5. The summed E-state index contributed by atoms with van der Waals surface area (Å²) in [6.45, 7) is 0.464. The van der Waals surface area contributed by atoms with Crippen molar-refractivity contribution in [2.45, 2.75) is 25.4 Å². The van der Waals surface area contributed by atoms with Crippen LogP contribution in [0.4, 0.5) is 4.39 Å². The average Bonchev–Trinajstić information content (AvgIpc) is 2.81. The third-order valence-electron chi connectivity index (χ3n) is 5.74. The van der Waals surface area contributed by atoms with Gasteiger partial charge < -0.3 is 10.2 Å². The zero-order valence-corrected chi connectivity index (χ0v) is 17.2. The SMILES string of the molecule is O=C(NC(c1ccccc1)c1ccccc1)[C@@H]1CCC(=O)N(Cc2ccccc2F)C1. The molecule has 0 bridgehead atoms. The minimum Gasteiger partial charge on any atom is -0.345 e. The number of hydrogen-bond acceptors (Lipinski definition) is 2. The highest BCUT2D eigenvalue weighted by atomic mass is 19.1. The van der Waals surface area contributed by atoms with Crippen molar-refractivity contribution < 1.29 is 14.0 Å². The van der Waals surface area contributed by atoms with Crippen molar-refractivity contribution in [3.63, 3.8) is 0 Å². The van der Waals surface area contributed by atoms with Gasteiger partial charge in [0.25, 0.3) is 0 Å². The Balaban J connectivity index is 1.50. The topological polar surface area (TPSA) is 49.4 Å². The van der Waals surface area contributed by atoms with Crippen LogP contribution in [0.5, 0.6) is 0 Å². The van der Waals surface area contributed by atoms with Crippen LogP contribution in [0, 0.1) is 11.7 Å². The number of carbonyl (C=O) groups is 2. The summed E-state index contributed by atoms with van der Waals surface area (Å²) >= 11 is 0. The third-order valence-corrected chi connectivity index (χ3v) is 5.74. The first kappa shape index (κ1) is 20.8. The Hall–Kier alpha value is -3.47. The van der Waals surface area contributed by atoms with E-state index in [0.717, 1.165) is 11.1 Å². The monoisotopic (exact) mass is 416 g/mol. The summed E-state index contributed by atoms with van der Waals surface area (Å²) in [7, 11) is 0. The second-order valence-corrected chi connectivity index (χ2v) is 7.86. The predicted octanol–water partition coefficient (Wildman–Crippen LogP) is 4.47. The van der Waals surface area contributed by atoms with E-state index in [9.17, 15) is 14.0 Å². The molecule has 1 aliphatic rings. The van der Waals surface area contributed by atoms with Crippen LogP contribution in [-0.2, 0) is 16.1 Å². The average molecular weight is 416 g/mol. The maximum absolute atomic E-state index is 14.1. The number of piperidine rings is 1. The van der Waals surface area contributed by atoms with Gasteiger partial charge in [0.05, 0.1) is 12.0 Å². The molecular formula is C26H25FN2O2.